The van der Waals surface area contributed by atoms with Gasteiger partial charge in [-0.1, -0.05) is 42.1 Å². The van der Waals surface area contributed by atoms with Gasteiger partial charge in [-0.25, -0.2) is 9.97 Å². The molecule has 1 fully saturated rings. The summed E-state index contributed by atoms with van der Waals surface area (Å²) >= 11 is 1.78. The van der Waals surface area contributed by atoms with E-state index in [1.54, 1.807) is 11.8 Å². The second-order valence-corrected chi connectivity index (χ2v) is 7.84. The van der Waals surface area contributed by atoms with Crippen molar-refractivity contribution in [1.82, 2.24) is 9.97 Å². The highest BCUT2D eigenvalue weighted by Crippen LogP contribution is 2.33. The monoisotopic (exact) mass is 376 g/mol. The highest BCUT2D eigenvalue weighted by molar-refractivity contribution is 7.99. The number of benzene rings is 2. The minimum atomic E-state index is 0.721. The van der Waals surface area contributed by atoms with Gasteiger partial charge in [-0.15, -0.1) is 0 Å². The number of aromatic nitrogens is 2. The molecule has 0 radical (unpaired) electrons. The summed E-state index contributed by atoms with van der Waals surface area (Å²) in [6.07, 6.45) is 4.45. The van der Waals surface area contributed by atoms with Crippen LogP contribution >= 0.6 is 11.8 Å². The first kappa shape index (κ1) is 17.9. The Hall–Kier alpha value is -2.53. The Morgan fingerprint density at radius 1 is 1.00 bits per heavy atom. The van der Waals surface area contributed by atoms with Gasteiger partial charge in [-0.3, -0.25) is 0 Å². The van der Waals surface area contributed by atoms with E-state index in [1.807, 2.05) is 19.2 Å². The molecule has 1 aliphatic heterocycles. The zero-order valence-corrected chi connectivity index (χ0v) is 16.4. The zero-order valence-electron chi connectivity index (χ0n) is 15.6. The highest BCUT2D eigenvalue weighted by Gasteiger charge is 2.18. The van der Waals surface area contributed by atoms with Gasteiger partial charge in [0.05, 0.1) is 0 Å². The molecule has 138 valence electrons. The highest BCUT2D eigenvalue weighted by atomic mass is 32.2. The van der Waals surface area contributed by atoms with E-state index in [9.17, 15) is 0 Å². The third-order valence-electron chi connectivity index (χ3n) is 4.70. The summed E-state index contributed by atoms with van der Waals surface area (Å²) in [5.41, 5.74) is 2.29. The van der Waals surface area contributed by atoms with Gasteiger partial charge in [-0.05, 0) is 44.0 Å². The van der Waals surface area contributed by atoms with Crippen LogP contribution in [0.3, 0.4) is 0 Å². The van der Waals surface area contributed by atoms with Crippen LogP contribution in [0.1, 0.15) is 24.2 Å². The van der Waals surface area contributed by atoms with Crippen LogP contribution in [0.25, 0.3) is 0 Å². The molecule has 0 bridgehead atoms. The molecule has 4 nitrogen and oxygen atoms in total. The summed E-state index contributed by atoms with van der Waals surface area (Å²) in [6, 6.07) is 18.9. The molecule has 2 aromatic carbocycles. The number of para-hydroxylation sites is 1. The Bertz CT molecular complexity index is 892. The number of hydrogen-bond donors (Lipinski definition) is 1. The lowest BCUT2D eigenvalue weighted by molar-refractivity contribution is 0.882. The maximum atomic E-state index is 4.73. The molecule has 0 atom stereocenters. The van der Waals surface area contributed by atoms with Crippen molar-refractivity contribution >= 4 is 23.3 Å². The van der Waals surface area contributed by atoms with Crippen LogP contribution in [0, 0.1) is 6.92 Å². The minimum absolute atomic E-state index is 0.721. The van der Waals surface area contributed by atoms with Crippen LogP contribution in [0.4, 0.5) is 11.5 Å². The first-order valence-electron chi connectivity index (χ1n) is 9.43. The first-order chi connectivity index (χ1) is 13.3. The summed E-state index contributed by atoms with van der Waals surface area (Å²) in [6.45, 7) is 4.86. The number of aryl methyl sites for hydroxylation is 1. The second kappa shape index (κ2) is 8.44. The lowest BCUT2D eigenvalue weighted by Gasteiger charge is -2.21. The smallest absolute Gasteiger partial charge is 0.137 e. The average molecular weight is 377 g/mol. The summed E-state index contributed by atoms with van der Waals surface area (Å²) < 4.78 is 0. The van der Waals surface area contributed by atoms with Crippen LogP contribution in [-0.2, 0) is 6.54 Å². The van der Waals surface area contributed by atoms with Gasteiger partial charge in [0.15, 0.2) is 0 Å². The molecule has 1 N–H and O–H groups in total. The maximum absolute atomic E-state index is 4.73. The molecule has 4 rings (SSSR count). The van der Waals surface area contributed by atoms with E-state index >= 15 is 0 Å². The molecule has 5 heteroatoms. The quantitative estimate of drug-likeness (QED) is 0.644. The van der Waals surface area contributed by atoms with Crippen LogP contribution in [-0.4, -0.2) is 23.1 Å². The van der Waals surface area contributed by atoms with Crippen molar-refractivity contribution in [3.63, 3.8) is 0 Å². The van der Waals surface area contributed by atoms with E-state index in [2.05, 4.69) is 63.7 Å². The SMILES string of the molecule is Cc1ncc(CNc2ccccc2Sc2ccccc2)c(N2CCCC2)n1. The zero-order chi connectivity index (χ0) is 18.5. The second-order valence-electron chi connectivity index (χ2n) is 6.73. The topological polar surface area (TPSA) is 41.1 Å². The fourth-order valence-electron chi connectivity index (χ4n) is 3.32. The van der Waals surface area contributed by atoms with Crippen molar-refractivity contribution in [1.29, 1.82) is 0 Å². The molecular weight excluding hydrogens is 352 g/mol. The lowest BCUT2D eigenvalue weighted by Crippen LogP contribution is -2.22. The van der Waals surface area contributed by atoms with Crippen molar-refractivity contribution in [3.05, 3.63) is 72.2 Å². The Morgan fingerprint density at radius 3 is 2.56 bits per heavy atom. The average Bonchev–Trinajstić information content (AvgIpc) is 3.23. The summed E-state index contributed by atoms with van der Waals surface area (Å²) in [5.74, 6) is 1.92. The molecular formula is C22H24N4S. The Morgan fingerprint density at radius 2 is 1.74 bits per heavy atom. The first-order valence-corrected chi connectivity index (χ1v) is 10.2. The Balaban J connectivity index is 1.53. The van der Waals surface area contributed by atoms with Crippen LogP contribution < -0.4 is 10.2 Å². The van der Waals surface area contributed by atoms with Crippen LogP contribution in [0.5, 0.6) is 0 Å². The molecule has 0 saturated carbocycles. The normalized spacial score (nSPS) is 13.7. The largest absolute Gasteiger partial charge is 0.380 e. The molecule has 0 spiro atoms. The van der Waals surface area contributed by atoms with Crippen LogP contribution in [0.2, 0.25) is 0 Å². The molecule has 2 heterocycles. The lowest BCUT2D eigenvalue weighted by atomic mass is 10.2. The predicted molar refractivity (Wildman–Crippen MR) is 113 cm³/mol. The van der Waals surface area contributed by atoms with Crippen molar-refractivity contribution in [2.45, 2.75) is 36.1 Å². The van der Waals surface area contributed by atoms with Gasteiger partial charge in [0.25, 0.3) is 0 Å². The van der Waals surface area contributed by atoms with E-state index in [0.717, 1.165) is 42.5 Å². The number of rotatable bonds is 6. The van der Waals surface area contributed by atoms with E-state index in [1.165, 1.54) is 22.6 Å². The minimum Gasteiger partial charge on any atom is -0.380 e. The van der Waals surface area contributed by atoms with Gasteiger partial charge in [0, 0.05) is 46.9 Å². The Labute approximate surface area is 165 Å². The van der Waals surface area contributed by atoms with Gasteiger partial charge in [0.1, 0.15) is 11.6 Å². The fraction of sp³-hybridized carbons (Fsp3) is 0.273. The van der Waals surface area contributed by atoms with Gasteiger partial charge >= 0.3 is 0 Å². The summed E-state index contributed by atoms with van der Waals surface area (Å²) in [4.78, 5) is 14.0. The number of hydrogen-bond acceptors (Lipinski definition) is 5. The molecule has 0 aliphatic carbocycles. The van der Waals surface area contributed by atoms with Crippen LogP contribution in [0.15, 0.2) is 70.6 Å². The molecule has 0 unspecified atom stereocenters. The summed E-state index contributed by atoms with van der Waals surface area (Å²) in [5, 5.41) is 3.61. The van der Waals surface area contributed by atoms with Crippen molar-refractivity contribution in [2.24, 2.45) is 0 Å². The molecule has 1 aromatic heterocycles. The standard InChI is InChI=1S/C22H24N4S/c1-17-23-15-18(22(25-17)26-13-7-8-14-26)16-24-20-11-5-6-12-21(20)27-19-9-3-2-4-10-19/h2-6,9-12,15,24H,7-8,13-14,16H2,1H3. The molecule has 0 amide bonds. The van der Waals surface area contributed by atoms with Gasteiger partial charge < -0.3 is 10.2 Å². The predicted octanol–water partition coefficient (Wildman–Crippen LogP) is 5.15. The van der Waals surface area contributed by atoms with E-state index in [-0.39, 0.29) is 0 Å². The third-order valence-corrected chi connectivity index (χ3v) is 5.78. The molecule has 27 heavy (non-hydrogen) atoms. The maximum Gasteiger partial charge on any atom is 0.137 e. The van der Waals surface area contributed by atoms with Crippen molar-refractivity contribution < 1.29 is 0 Å². The van der Waals surface area contributed by atoms with E-state index in [4.69, 9.17) is 4.98 Å². The van der Waals surface area contributed by atoms with E-state index in [0.29, 0.717) is 0 Å². The number of anilines is 2. The van der Waals surface area contributed by atoms with Crippen molar-refractivity contribution in [2.75, 3.05) is 23.3 Å². The number of nitrogens with one attached hydrogen (secondary N) is 1. The van der Waals surface area contributed by atoms with E-state index < -0.39 is 0 Å². The Kier molecular flexibility index (Phi) is 5.58. The number of nitrogens with zero attached hydrogens (tertiary/aromatic N) is 3. The summed E-state index contributed by atoms with van der Waals surface area (Å²) in [7, 11) is 0. The van der Waals surface area contributed by atoms with Gasteiger partial charge in [-0.2, -0.15) is 0 Å². The third kappa shape index (κ3) is 4.42. The fourth-order valence-corrected chi connectivity index (χ4v) is 4.26. The molecule has 1 aliphatic rings. The van der Waals surface area contributed by atoms with Gasteiger partial charge in [0.2, 0.25) is 0 Å². The van der Waals surface area contributed by atoms with Crippen molar-refractivity contribution in [3.8, 4) is 0 Å². The molecule has 1 saturated heterocycles. The molecule has 3 aromatic rings.